The Morgan fingerprint density at radius 1 is 1.25 bits per heavy atom. The van der Waals surface area contributed by atoms with E-state index >= 15 is 0 Å². The maximum Gasteiger partial charge on any atom is 0.407 e. The number of amides is 1. The molecule has 2 N–H and O–H groups in total. The molecule has 1 heterocycles. The largest absolute Gasteiger partial charge is 0.444 e. The molecule has 112 valence electrons. The number of hydrogen-bond acceptors (Lipinski definition) is 5. The summed E-state index contributed by atoms with van der Waals surface area (Å²) in [4.78, 5) is 19.8. The molecule has 6 nitrogen and oxygen atoms in total. The van der Waals surface area contributed by atoms with E-state index in [-0.39, 0.29) is 0 Å². The second kappa shape index (κ2) is 6.74. The fourth-order valence-electron chi connectivity index (χ4n) is 1.43. The normalized spacial score (nSPS) is 11.1. The molecule has 0 aliphatic carbocycles. The van der Waals surface area contributed by atoms with Gasteiger partial charge in [-0.05, 0) is 34.6 Å². The van der Waals surface area contributed by atoms with Gasteiger partial charge in [-0.15, -0.1) is 0 Å². The number of ether oxygens (including phenoxy) is 1. The molecule has 1 amide bonds. The van der Waals surface area contributed by atoms with Gasteiger partial charge in [-0.25, -0.2) is 14.8 Å². The first-order valence-corrected chi connectivity index (χ1v) is 6.78. The van der Waals surface area contributed by atoms with E-state index in [9.17, 15) is 4.79 Å². The molecule has 1 rings (SSSR count). The molecular formula is C13H21ClN4O2. The van der Waals surface area contributed by atoms with Crippen molar-refractivity contribution in [2.45, 2.75) is 40.2 Å². The van der Waals surface area contributed by atoms with Crippen LogP contribution in [0.5, 0.6) is 0 Å². The smallest absolute Gasteiger partial charge is 0.407 e. The van der Waals surface area contributed by atoms with Gasteiger partial charge >= 0.3 is 6.09 Å². The SMILES string of the molecule is Cc1nc(Cl)c(C)c(NCCNC(=O)OC(C)(C)C)n1. The van der Waals surface area contributed by atoms with E-state index in [2.05, 4.69) is 20.6 Å². The summed E-state index contributed by atoms with van der Waals surface area (Å²) in [7, 11) is 0. The van der Waals surface area contributed by atoms with Crippen molar-refractivity contribution in [3.8, 4) is 0 Å². The quantitative estimate of drug-likeness (QED) is 0.660. The minimum Gasteiger partial charge on any atom is -0.444 e. The second-order valence-electron chi connectivity index (χ2n) is 5.39. The number of nitrogens with zero attached hydrogens (tertiary/aromatic N) is 2. The number of rotatable bonds is 4. The number of hydrogen-bond donors (Lipinski definition) is 2. The number of aromatic nitrogens is 2. The molecule has 1 aromatic heterocycles. The zero-order chi connectivity index (χ0) is 15.3. The molecular weight excluding hydrogens is 280 g/mol. The molecule has 1 aromatic rings. The Morgan fingerprint density at radius 3 is 2.50 bits per heavy atom. The lowest BCUT2D eigenvalue weighted by Gasteiger charge is -2.19. The maximum absolute atomic E-state index is 11.4. The van der Waals surface area contributed by atoms with E-state index in [1.165, 1.54) is 0 Å². The van der Waals surface area contributed by atoms with E-state index in [0.717, 1.165) is 5.56 Å². The average Bonchev–Trinajstić information content (AvgIpc) is 2.28. The van der Waals surface area contributed by atoms with E-state index in [0.29, 0.717) is 29.9 Å². The van der Waals surface area contributed by atoms with Gasteiger partial charge in [0.25, 0.3) is 0 Å². The van der Waals surface area contributed by atoms with Crippen LogP contribution in [0.25, 0.3) is 0 Å². The first-order valence-electron chi connectivity index (χ1n) is 6.40. The van der Waals surface area contributed by atoms with Crippen molar-refractivity contribution < 1.29 is 9.53 Å². The Balaban J connectivity index is 2.40. The summed E-state index contributed by atoms with van der Waals surface area (Å²) in [5, 5.41) is 6.20. The maximum atomic E-state index is 11.4. The lowest BCUT2D eigenvalue weighted by molar-refractivity contribution is 0.0530. The lowest BCUT2D eigenvalue weighted by atomic mass is 10.2. The zero-order valence-electron chi connectivity index (χ0n) is 12.5. The van der Waals surface area contributed by atoms with E-state index in [1.807, 2.05) is 27.7 Å². The Hall–Kier alpha value is -1.56. The van der Waals surface area contributed by atoms with Gasteiger partial charge in [0, 0.05) is 18.7 Å². The van der Waals surface area contributed by atoms with Crippen LogP contribution >= 0.6 is 11.6 Å². The van der Waals surface area contributed by atoms with Crippen LogP contribution in [0, 0.1) is 13.8 Å². The summed E-state index contributed by atoms with van der Waals surface area (Å²) in [5.74, 6) is 1.27. The van der Waals surface area contributed by atoms with E-state index in [1.54, 1.807) is 6.92 Å². The highest BCUT2D eigenvalue weighted by Crippen LogP contribution is 2.19. The average molecular weight is 301 g/mol. The van der Waals surface area contributed by atoms with Gasteiger partial charge in [0.2, 0.25) is 0 Å². The third-order valence-electron chi connectivity index (χ3n) is 2.28. The number of nitrogens with one attached hydrogen (secondary N) is 2. The number of carbonyl (C=O) groups excluding carboxylic acids is 1. The summed E-state index contributed by atoms with van der Waals surface area (Å²) in [6.45, 7) is 10.0. The summed E-state index contributed by atoms with van der Waals surface area (Å²) >= 11 is 5.97. The third-order valence-corrected chi connectivity index (χ3v) is 2.65. The molecule has 0 unspecified atom stereocenters. The Kier molecular flexibility index (Phi) is 5.56. The number of carbonyl (C=O) groups is 1. The number of anilines is 1. The Morgan fingerprint density at radius 2 is 1.90 bits per heavy atom. The molecule has 0 aliphatic heterocycles. The van der Waals surface area contributed by atoms with Crippen LogP contribution in [0.3, 0.4) is 0 Å². The first-order chi connectivity index (χ1) is 9.19. The molecule has 0 saturated heterocycles. The molecule has 0 aromatic carbocycles. The van der Waals surface area contributed by atoms with Crippen molar-refractivity contribution in [1.29, 1.82) is 0 Å². The topological polar surface area (TPSA) is 76.1 Å². The molecule has 0 atom stereocenters. The third kappa shape index (κ3) is 5.61. The van der Waals surface area contributed by atoms with Gasteiger partial charge in [0.05, 0.1) is 0 Å². The van der Waals surface area contributed by atoms with E-state index in [4.69, 9.17) is 16.3 Å². The van der Waals surface area contributed by atoms with Crippen molar-refractivity contribution in [3.63, 3.8) is 0 Å². The predicted octanol–water partition coefficient (Wildman–Crippen LogP) is 2.68. The van der Waals surface area contributed by atoms with Crippen LogP contribution < -0.4 is 10.6 Å². The molecule has 0 spiro atoms. The van der Waals surface area contributed by atoms with Crippen molar-refractivity contribution in [3.05, 3.63) is 16.5 Å². The summed E-state index contributed by atoms with van der Waals surface area (Å²) < 4.78 is 5.13. The van der Waals surface area contributed by atoms with Crippen molar-refractivity contribution >= 4 is 23.5 Å². The predicted molar refractivity (Wildman–Crippen MR) is 79.2 cm³/mol. The Labute approximate surface area is 124 Å². The van der Waals surface area contributed by atoms with Gasteiger partial charge in [0.15, 0.2) is 0 Å². The highest BCUT2D eigenvalue weighted by atomic mass is 35.5. The minimum absolute atomic E-state index is 0.426. The van der Waals surface area contributed by atoms with Gasteiger partial charge in [0.1, 0.15) is 22.4 Å². The summed E-state index contributed by atoms with van der Waals surface area (Å²) in [5.41, 5.74) is 0.292. The second-order valence-corrected chi connectivity index (χ2v) is 5.75. The van der Waals surface area contributed by atoms with E-state index < -0.39 is 11.7 Å². The van der Waals surface area contributed by atoms with Crippen LogP contribution in [-0.4, -0.2) is 34.8 Å². The summed E-state index contributed by atoms with van der Waals surface area (Å²) in [6, 6.07) is 0. The number of aryl methyl sites for hydroxylation is 1. The molecule has 0 radical (unpaired) electrons. The fourth-order valence-corrected chi connectivity index (χ4v) is 1.64. The van der Waals surface area contributed by atoms with Crippen LogP contribution in [0.15, 0.2) is 0 Å². The van der Waals surface area contributed by atoms with Gasteiger partial charge in [-0.3, -0.25) is 0 Å². The summed E-state index contributed by atoms with van der Waals surface area (Å²) in [6.07, 6.45) is -0.437. The van der Waals surface area contributed by atoms with Crippen LogP contribution in [0.1, 0.15) is 32.2 Å². The van der Waals surface area contributed by atoms with Gasteiger partial charge in [-0.1, -0.05) is 11.6 Å². The molecule has 20 heavy (non-hydrogen) atoms. The van der Waals surface area contributed by atoms with Gasteiger partial charge in [-0.2, -0.15) is 0 Å². The zero-order valence-corrected chi connectivity index (χ0v) is 13.3. The highest BCUT2D eigenvalue weighted by Gasteiger charge is 2.15. The molecule has 0 fully saturated rings. The number of halogens is 1. The monoisotopic (exact) mass is 300 g/mol. The minimum atomic E-state index is -0.495. The molecule has 7 heteroatoms. The fraction of sp³-hybridized carbons (Fsp3) is 0.615. The van der Waals surface area contributed by atoms with Crippen molar-refractivity contribution in [1.82, 2.24) is 15.3 Å². The van der Waals surface area contributed by atoms with Crippen molar-refractivity contribution in [2.75, 3.05) is 18.4 Å². The lowest BCUT2D eigenvalue weighted by Crippen LogP contribution is -2.35. The molecule has 0 bridgehead atoms. The standard InChI is InChI=1S/C13H21ClN4O2/c1-8-10(14)17-9(2)18-11(8)15-6-7-16-12(19)20-13(3,4)5/h6-7H2,1-5H3,(H,16,19)(H,15,17,18). The van der Waals surface area contributed by atoms with Crippen LogP contribution in [0.4, 0.5) is 10.6 Å². The molecule has 0 saturated carbocycles. The highest BCUT2D eigenvalue weighted by molar-refractivity contribution is 6.30. The van der Waals surface area contributed by atoms with Crippen molar-refractivity contribution in [2.24, 2.45) is 0 Å². The van der Waals surface area contributed by atoms with Gasteiger partial charge < -0.3 is 15.4 Å². The first kappa shape index (κ1) is 16.5. The number of alkyl carbamates (subject to hydrolysis) is 1. The molecule has 0 aliphatic rings. The van der Waals surface area contributed by atoms with Crippen LogP contribution in [-0.2, 0) is 4.74 Å². The van der Waals surface area contributed by atoms with Crippen LogP contribution in [0.2, 0.25) is 5.15 Å². The Bertz CT molecular complexity index is 486.